The minimum atomic E-state index is -1.16. The number of hydrogen-bond donors (Lipinski definition) is 1. The van der Waals surface area contributed by atoms with Crippen LogP contribution in [0.5, 0.6) is 0 Å². The zero-order chi connectivity index (χ0) is 14.2. The molecule has 0 fully saturated rings. The SMILES string of the molecule is CCC(O)(c1cccc(F)c1)c1cccc2ccsc12. The quantitative estimate of drug-likeness (QED) is 0.740. The fraction of sp³-hybridized carbons (Fsp3) is 0.176. The molecule has 1 heterocycles. The van der Waals surface area contributed by atoms with E-state index >= 15 is 0 Å². The lowest BCUT2D eigenvalue weighted by molar-refractivity contribution is 0.0779. The van der Waals surface area contributed by atoms with Gasteiger partial charge in [0.15, 0.2) is 0 Å². The second kappa shape index (κ2) is 5.00. The number of hydrogen-bond acceptors (Lipinski definition) is 2. The van der Waals surface area contributed by atoms with Gasteiger partial charge in [-0.1, -0.05) is 37.3 Å². The van der Waals surface area contributed by atoms with E-state index in [9.17, 15) is 9.50 Å². The molecular formula is C17H15FOS. The highest BCUT2D eigenvalue weighted by Crippen LogP contribution is 2.39. The van der Waals surface area contributed by atoms with E-state index in [-0.39, 0.29) is 5.82 Å². The van der Waals surface area contributed by atoms with Crippen LogP contribution in [0, 0.1) is 5.82 Å². The second-order valence-electron chi connectivity index (χ2n) is 4.87. The highest BCUT2D eigenvalue weighted by atomic mass is 32.1. The summed E-state index contributed by atoms with van der Waals surface area (Å²) in [5.74, 6) is -0.326. The van der Waals surface area contributed by atoms with Gasteiger partial charge in [0.2, 0.25) is 0 Å². The number of aliphatic hydroxyl groups is 1. The van der Waals surface area contributed by atoms with Crippen LogP contribution in [0.3, 0.4) is 0 Å². The molecule has 3 heteroatoms. The Morgan fingerprint density at radius 2 is 1.95 bits per heavy atom. The minimum absolute atomic E-state index is 0.326. The first-order valence-electron chi connectivity index (χ1n) is 6.60. The van der Waals surface area contributed by atoms with Crippen LogP contribution < -0.4 is 0 Å². The van der Waals surface area contributed by atoms with Crippen LogP contribution in [0.4, 0.5) is 4.39 Å². The second-order valence-corrected chi connectivity index (χ2v) is 5.78. The average Bonchev–Trinajstić information content (AvgIpc) is 2.94. The lowest BCUT2D eigenvalue weighted by Gasteiger charge is -2.28. The smallest absolute Gasteiger partial charge is 0.123 e. The Hall–Kier alpha value is -1.71. The van der Waals surface area contributed by atoms with Crippen molar-refractivity contribution in [2.24, 2.45) is 0 Å². The summed E-state index contributed by atoms with van der Waals surface area (Å²) in [5, 5.41) is 14.3. The van der Waals surface area contributed by atoms with Crippen molar-refractivity contribution < 1.29 is 9.50 Å². The highest BCUT2D eigenvalue weighted by molar-refractivity contribution is 7.17. The highest BCUT2D eigenvalue weighted by Gasteiger charge is 2.31. The van der Waals surface area contributed by atoms with Gasteiger partial charge in [0, 0.05) is 10.3 Å². The van der Waals surface area contributed by atoms with Crippen molar-refractivity contribution >= 4 is 21.4 Å². The summed E-state index contributed by atoms with van der Waals surface area (Å²) >= 11 is 1.60. The normalized spacial score (nSPS) is 14.3. The van der Waals surface area contributed by atoms with Crippen LogP contribution in [-0.4, -0.2) is 5.11 Å². The Bertz CT molecular complexity index is 749. The van der Waals surface area contributed by atoms with Gasteiger partial charge in [-0.15, -0.1) is 11.3 Å². The van der Waals surface area contributed by atoms with Gasteiger partial charge < -0.3 is 5.11 Å². The Morgan fingerprint density at radius 3 is 2.70 bits per heavy atom. The van der Waals surface area contributed by atoms with Gasteiger partial charge in [0.1, 0.15) is 11.4 Å². The molecule has 2 aromatic carbocycles. The van der Waals surface area contributed by atoms with Crippen molar-refractivity contribution in [1.29, 1.82) is 0 Å². The molecular weight excluding hydrogens is 271 g/mol. The van der Waals surface area contributed by atoms with Crippen LogP contribution in [-0.2, 0) is 5.60 Å². The average molecular weight is 286 g/mol. The molecule has 102 valence electrons. The van der Waals surface area contributed by atoms with Crippen molar-refractivity contribution in [2.45, 2.75) is 18.9 Å². The molecule has 0 aliphatic rings. The molecule has 1 nitrogen and oxygen atoms in total. The molecule has 3 rings (SSSR count). The largest absolute Gasteiger partial charge is 0.380 e. The summed E-state index contributed by atoms with van der Waals surface area (Å²) in [6.07, 6.45) is 0.494. The first kappa shape index (κ1) is 13.3. The summed E-state index contributed by atoms with van der Waals surface area (Å²) in [5.41, 5.74) is 0.283. The van der Waals surface area contributed by atoms with Crippen LogP contribution in [0.15, 0.2) is 53.9 Å². The Balaban J connectivity index is 2.25. The van der Waals surface area contributed by atoms with E-state index in [1.54, 1.807) is 23.5 Å². The molecule has 0 bridgehead atoms. The van der Waals surface area contributed by atoms with Crippen LogP contribution >= 0.6 is 11.3 Å². The fourth-order valence-electron chi connectivity index (χ4n) is 2.61. The van der Waals surface area contributed by atoms with Gasteiger partial charge in [-0.25, -0.2) is 4.39 Å². The van der Waals surface area contributed by atoms with Crippen LogP contribution in [0.25, 0.3) is 10.1 Å². The molecule has 1 unspecified atom stereocenters. The van der Waals surface area contributed by atoms with Crippen molar-refractivity contribution in [1.82, 2.24) is 0 Å². The van der Waals surface area contributed by atoms with Gasteiger partial charge in [-0.2, -0.15) is 0 Å². The zero-order valence-corrected chi connectivity index (χ0v) is 12.0. The van der Waals surface area contributed by atoms with Crippen LogP contribution in [0.1, 0.15) is 24.5 Å². The van der Waals surface area contributed by atoms with Gasteiger partial charge in [-0.05, 0) is 40.9 Å². The molecule has 0 aliphatic heterocycles. The molecule has 1 atom stereocenters. The van der Waals surface area contributed by atoms with Crippen molar-refractivity contribution in [3.63, 3.8) is 0 Å². The molecule has 3 aromatic rings. The van der Waals surface area contributed by atoms with Crippen molar-refractivity contribution in [3.8, 4) is 0 Å². The van der Waals surface area contributed by atoms with E-state index in [0.717, 1.165) is 15.6 Å². The number of halogens is 1. The van der Waals surface area contributed by atoms with Gasteiger partial charge in [0.25, 0.3) is 0 Å². The number of rotatable bonds is 3. The molecule has 0 radical (unpaired) electrons. The maximum Gasteiger partial charge on any atom is 0.123 e. The number of thiophene rings is 1. The third-order valence-electron chi connectivity index (χ3n) is 3.74. The monoisotopic (exact) mass is 286 g/mol. The summed E-state index contributed by atoms with van der Waals surface area (Å²) in [4.78, 5) is 0. The first-order valence-corrected chi connectivity index (χ1v) is 7.48. The third-order valence-corrected chi connectivity index (χ3v) is 4.70. The van der Waals surface area contributed by atoms with E-state index < -0.39 is 5.60 Å². The predicted octanol–water partition coefficient (Wildman–Crippen LogP) is 4.69. The molecule has 0 aliphatic carbocycles. The zero-order valence-electron chi connectivity index (χ0n) is 11.1. The summed E-state index contributed by atoms with van der Waals surface area (Å²) in [6.45, 7) is 1.91. The maximum absolute atomic E-state index is 13.5. The van der Waals surface area contributed by atoms with Crippen molar-refractivity contribution in [3.05, 3.63) is 70.9 Å². The maximum atomic E-state index is 13.5. The first-order chi connectivity index (χ1) is 9.65. The van der Waals surface area contributed by atoms with Gasteiger partial charge in [0.05, 0.1) is 0 Å². The molecule has 1 N–H and O–H groups in total. The fourth-order valence-corrected chi connectivity index (χ4v) is 3.60. The molecule has 0 spiro atoms. The summed E-state index contributed by atoms with van der Waals surface area (Å²) in [7, 11) is 0. The summed E-state index contributed by atoms with van der Waals surface area (Å²) in [6, 6.07) is 14.1. The Kier molecular flexibility index (Phi) is 3.32. The van der Waals surface area contributed by atoms with Gasteiger partial charge >= 0.3 is 0 Å². The molecule has 20 heavy (non-hydrogen) atoms. The summed E-state index contributed by atoms with van der Waals surface area (Å²) < 4.78 is 14.6. The van der Waals surface area contributed by atoms with E-state index in [0.29, 0.717) is 12.0 Å². The molecule has 1 aromatic heterocycles. The standard InChI is InChI=1S/C17H15FOS/c1-2-17(19,13-6-4-7-14(18)11-13)15-8-3-5-12-9-10-20-16(12)15/h3-11,19H,2H2,1H3. The van der Waals surface area contributed by atoms with Gasteiger partial charge in [-0.3, -0.25) is 0 Å². The third kappa shape index (κ3) is 2.03. The van der Waals surface area contributed by atoms with E-state index in [1.807, 2.05) is 36.6 Å². The number of benzene rings is 2. The van der Waals surface area contributed by atoms with Crippen molar-refractivity contribution in [2.75, 3.05) is 0 Å². The van der Waals surface area contributed by atoms with E-state index in [4.69, 9.17) is 0 Å². The lowest BCUT2D eigenvalue weighted by Crippen LogP contribution is -2.26. The Morgan fingerprint density at radius 1 is 1.15 bits per heavy atom. The minimum Gasteiger partial charge on any atom is -0.380 e. The topological polar surface area (TPSA) is 20.2 Å². The van der Waals surface area contributed by atoms with E-state index in [2.05, 4.69) is 0 Å². The number of fused-ring (bicyclic) bond motifs is 1. The molecule has 0 saturated heterocycles. The Labute approximate surface area is 121 Å². The molecule has 0 amide bonds. The van der Waals surface area contributed by atoms with Crippen LogP contribution in [0.2, 0.25) is 0 Å². The predicted molar refractivity (Wildman–Crippen MR) is 81.5 cm³/mol. The molecule has 0 saturated carbocycles. The lowest BCUT2D eigenvalue weighted by atomic mass is 9.84. The van der Waals surface area contributed by atoms with E-state index in [1.165, 1.54) is 12.1 Å².